The van der Waals surface area contributed by atoms with Crippen molar-refractivity contribution in [2.24, 2.45) is 0 Å². The molecule has 0 aromatic heterocycles. The van der Waals surface area contributed by atoms with Crippen LogP contribution in [0.25, 0.3) is 0 Å². The number of hydrogen-bond donors (Lipinski definition) is 2. The quantitative estimate of drug-likeness (QED) is 0.265. The molecule has 0 saturated carbocycles. The predicted molar refractivity (Wildman–Crippen MR) is 138 cm³/mol. The molecule has 188 valence electrons. The molecule has 2 aromatic carbocycles. The van der Waals surface area contributed by atoms with E-state index in [0.717, 1.165) is 42.4 Å². The van der Waals surface area contributed by atoms with Gasteiger partial charge in [-0.1, -0.05) is 55.3 Å². The van der Waals surface area contributed by atoms with Crippen molar-refractivity contribution in [3.63, 3.8) is 0 Å². The summed E-state index contributed by atoms with van der Waals surface area (Å²) in [5.74, 6) is -0.119. The molecule has 2 amide bonds. The Hall–Kier alpha value is -2.68. The molecule has 1 aliphatic rings. The molecular formula is C27H37BN2O5. The number of carbonyl (C=O) groups is 2. The first-order chi connectivity index (χ1) is 16.7. The molecule has 2 N–H and O–H groups in total. The Morgan fingerprint density at radius 2 is 1.37 bits per heavy atom. The summed E-state index contributed by atoms with van der Waals surface area (Å²) in [6, 6.07) is 17.3. The van der Waals surface area contributed by atoms with E-state index in [4.69, 9.17) is 14.1 Å². The minimum Gasteiger partial charge on any atom is -0.399 e. The Kier molecular flexibility index (Phi) is 9.49. The lowest BCUT2D eigenvalue weighted by Gasteiger charge is -2.32. The average molecular weight is 480 g/mol. The number of para-hydroxylation sites is 1. The summed E-state index contributed by atoms with van der Waals surface area (Å²) >= 11 is 0. The number of anilines is 1. The van der Waals surface area contributed by atoms with E-state index in [9.17, 15) is 9.59 Å². The van der Waals surface area contributed by atoms with Gasteiger partial charge < -0.3 is 14.6 Å². The first kappa shape index (κ1) is 26.9. The summed E-state index contributed by atoms with van der Waals surface area (Å²) in [7, 11) is -0.395. The number of carbonyl (C=O) groups excluding carboxylic acids is 2. The molecule has 1 fully saturated rings. The SMILES string of the molecule is CC1(C)OB(c2ccc(CONC(=O)CCCCCCC(=O)Nc3ccccc3)cc2)OC1(C)C. The van der Waals surface area contributed by atoms with Crippen LogP contribution in [0.1, 0.15) is 71.8 Å². The summed E-state index contributed by atoms with van der Waals surface area (Å²) in [5, 5.41) is 2.88. The Bertz CT molecular complexity index is 947. The molecule has 0 radical (unpaired) electrons. The molecule has 1 heterocycles. The lowest BCUT2D eigenvalue weighted by Crippen LogP contribution is -2.41. The fourth-order valence-electron chi connectivity index (χ4n) is 3.67. The predicted octanol–water partition coefficient (Wildman–Crippen LogP) is 4.51. The maximum absolute atomic E-state index is 12.0. The van der Waals surface area contributed by atoms with Crippen molar-refractivity contribution < 1.29 is 23.7 Å². The summed E-state index contributed by atoms with van der Waals surface area (Å²) < 4.78 is 12.1. The van der Waals surface area contributed by atoms with Crippen LogP contribution in [0.15, 0.2) is 54.6 Å². The van der Waals surface area contributed by atoms with Crippen LogP contribution in [0.3, 0.4) is 0 Å². The lowest BCUT2D eigenvalue weighted by atomic mass is 9.79. The normalized spacial score (nSPS) is 16.2. The summed E-state index contributed by atoms with van der Waals surface area (Å²) in [6.45, 7) is 8.41. The van der Waals surface area contributed by atoms with Crippen LogP contribution >= 0.6 is 0 Å². The van der Waals surface area contributed by atoms with Gasteiger partial charge in [-0.2, -0.15) is 0 Å². The Balaban J connectivity index is 1.24. The zero-order chi connectivity index (χ0) is 25.3. The molecule has 0 spiro atoms. The third-order valence-electron chi connectivity index (χ3n) is 6.55. The number of hydroxylamine groups is 1. The highest BCUT2D eigenvalue weighted by molar-refractivity contribution is 6.62. The molecular weight excluding hydrogens is 443 g/mol. The van der Waals surface area contributed by atoms with Gasteiger partial charge in [-0.3, -0.25) is 14.4 Å². The smallest absolute Gasteiger partial charge is 0.399 e. The number of amides is 2. The van der Waals surface area contributed by atoms with Crippen LogP contribution in [0.5, 0.6) is 0 Å². The van der Waals surface area contributed by atoms with Gasteiger partial charge in [0.25, 0.3) is 0 Å². The molecule has 0 atom stereocenters. The van der Waals surface area contributed by atoms with Crippen molar-refractivity contribution in [3.8, 4) is 0 Å². The second kappa shape index (κ2) is 12.3. The zero-order valence-electron chi connectivity index (χ0n) is 21.3. The fourth-order valence-corrected chi connectivity index (χ4v) is 3.67. The fraction of sp³-hybridized carbons (Fsp3) is 0.481. The molecule has 1 saturated heterocycles. The number of hydrogen-bond acceptors (Lipinski definition) is 5. The zero-order valence-corrected chi connectivity index (χ0v) is 21.3. The monoisotopic (exact) mass is 480 g/mol. The highest BCUT2D eigenvalue weighted by atomic mass is 16.7. The minimum absolute atomic E-state index is 0.0198. The second-order valence-corrected chi connectivity index (χ2v) is 9.97. The Labute approximate surface area is 209 Å². The van der Waals surface area contributed by atoms with Crippen LogP contribution in [0, 0.1) is 0 Å². The molecule has 1 aliphatic heterocycles. The molecule has 7 nitrogen and oxygen atoms in total. The summed E-state index contributed by atoms with van der Waals surface area (Å²) in [6.07, 6.45) is 4.25. The van der Waals surface area contributed by atoms with E-state index < -0.39 is 7.12 Å². The van der Waals surface area contributed by atoms with Gasteiger partial charge in [-0.15, -0.1) is 0 Å². The molecule has 0 aliphatic carbocycles. The van der Waals surface area contributed by atoms with Gasteiger partial charge in [0.2, 0.25) is 11.8 Å². The Morgan fingerprint density at radius 3 is 1.97 bits per heavy atom. The molecule has 0 unspecified atom stereocenters. The topological polar surface area (TPSA) is 85.9 Å². The van der Waals surface area contributed by atoms with Gasteiger partial charge in [0.15, 0.2) is 0 Å². The Morgan fingerprint density at radius 1 is 0.800 bits per heavy atom. The maximum Gasteiger partial charge on any atom is 0.494 e. The highest BCUT2D eigenvalue weighted by Crippen LogP contribution is 2.36. The van der Waals surface area contributed by atoms with Gasteiger partial charge in [0.1, 0.15) is 0 Å². The van der Waals surface area contributed by atoms with Crippen LogP contribution in [-0.2, 0) is 30.3 Å². The molecule has 35 heavy (non-hydrogen) atoms. The molecule has 8 heteroatoms. The van der Waals surface area contributed by atoms with Crippen molar-refractivity contribution in [1.82, 2.24) is 5.48 Å². The van der Waals surface area contributed by atoms with E-state index in [1.54, 1.807) is 0 Å². The highest BCUT2D eigenvalue weighted by Gasteiger charge is 2.51. The largest absolute Gasteiger partial charge is 0.494 e. The van der Waals surface area contributed by atoms with Crippen molar-refractivity contribution in [1.29, 1.82) is 0 Å². The number of benzene rings is 2. The van der Waals surface area contributed by atoms with Crippen molar-refractivity contribution >= 4 is 30.1 Å². The maximum atomic E-state index is 12.0. The van der Waals surface area contributed by atoms with E-state index in [2.05, 4.69) is 10.8 Å². The molecule has 0 bridgehead atoms. The second-order valence-electron chi connectivity index (χ2n) is 9.97. The van der Waals surface area contributed by atoms with Crippen molar-refractivity contribution in [3.05, 3.63) is 60.2 Å². The van der Waals surface area contributed by atoms with Crippen LogP contribution in [0.4, 0.5) is 5.69 Å². The van der Waals surface area contributed by atoms with Crippen LogP contribution in [0.2, 0.25) is 0 Å². The van der Waals surface area contributed by atoms with E-state index in [0.29, 0.717) is 12.8 Å². The van der Waals surface area contributed by atoms with Crippen molar-refractivity contribution in [2.75, 3.05) is 5.32 Å². The summed E-state index contributed by atoms with van der Waals surface area (Å²) in [4.78, 5) is 29.3. The van der Waals surface area contributed by atoms with E-state index >= 15 is 0 Å². The number of nitrogens with one attached hydrogen (secondary N) is 2. The minimum atomic E-state index is -0.395. The lowest BCUT2D eigenvalue weighted by molar-refractivity contribution is -0.134. The average Bonchev–Trinajstić information content (AvgIpc) is 3.04. The third kappa shape index (κ3) is 8.20. The number of unbranched alkanes of at least 4 members (excludes halogenated alkanes) is 3. The van der Waals surface area contributed by atoms with E-state index in [1.165, 1.54) is 0 Å². The van der Waals surface area contributed by atoms with Crippen LogP contribution < -0.4 is 16.3 Å². The van der Waals surface area contributed by atoms with Gasteiger partial charge >= 0.3 is 7.12 Å². The van der Waals surface area contributed by atoms with Gasteiger partial charge in [-0.25, -0.2) is 5.48 Å². The van der Waals surface area contributed by atoms with Crippen molar-refractivity contribution in [2.45, 2.75) is 84.0 Å². The van der Waals surface area contributed by atoms with E-state index in [1.807, 2.05) is 82.3 Å². The molecule has 2 aromatic rings. The van der Waals surface area contributed by atoms with Gasteiger partial charge in [-0.05, 0) is 63.7 Å². The number of rotatable bonds is 12. The first-order valence-electron chi connectivity index (χ1n) is 12.4. The van der Waals surface area contributed by atoms with Gasteiger partial charge in [0, 0.05) is 18.5 Å². The van der Waals surface area contributed by atoms with Gasteiger partial charge in [0.05, 0.1) is 17.8 Å². The van der Waals surface area contributed by atoms with Crippen LogP contribution in [-0.4, -0.2) is 30.1 Å². The van der Waals surface area contributed by atoms with E-state index in [-0.39, 0.29) is 29.6 Å². The standard InChI is InChI=1S/C27H37BN2O5/c1-26(2)27(3,4)35-28(34-26)22-18-16-21(17-19-22)20-33-30-25(32)15-11-6-5-10-14-24(31)29-23-12-8-7-9-13-23/h7-9,12-13,16-19H,5-6,10-11,14-15,20H2,1-4H3,(H,29,31)(H,30,32). The molecule has 3 rings (SSSR count). The third-order valence-corrected chi connectivity index (χ3v) is 6.55. The first-order valence-corrected chi connectivity index (χ1v) is 12.4. The summed E-state index contributed by atoms with van der Waals surface area (Å²) in [5.41, 5.74) is 4.47.